The molecular formula is C32H26ClFN6O4S. The number of benzene rings is 2. The van der Waals surface area contributed by atoms with Gasteiger partial charge in [0.1, 0.15) is 35.2 Å². The van der Waals surface area contributed by atoms with Crippen LogP contribution in [0.2, 0.25) is 5.02 Å². The maximum Gasteiger partial charge on any atom is 0.220 e. The molecule has 0 amide bonds. The molecule has 0 spiro atoms. The van der Waals surface area contributed by atoms with Gasteiger partial charge in [0, 0.05) is 36.8 Å². The SMILES string of the molecule is O=S(=O)=C(CNCC1(c2cc3c(Nc4ccc(OCc5cccc(F)c5)c(Cl)c4)ncnc3cn2)CC=CO1)c1ccccn1. The van der Waals surface area contributed by atoms with Gasteiger partial charge in [0.15, 0.2) is 5.60 Å². The zero-order valence-corrected chi connectivity index (χ0v) is 25.2. The molecule has 13 heteroatoms. The number of rotatable bonds is 11. The summed E-state index contributed by atoms with van der Waals surface area (Å²) >= 11 is 6.51. The summed E-state index contributed by atoms with van der Waals surface area (Å²) < 4.78 is 49.2. The number of pyridine rings is 2. The third kappa shape index (κ3) is 6.93. The van der Waals surface area contributed by atoms with Gasteiger partial charge >= 0.3 is 0 Å². The number of ether oxygens (including phenoxy) is 2. The highest BCUT2D eigenvalue weighted by atomic mass is 35.5. The summed E-state index contributed by atoms with van der Waals surface area (Å²) in [7, 11) is -2.46. The summed E-state index contributed by atoms with van der Waals surface area (Å²) in [5.41, 5.74) is 2.07. The zero-order valence-electron chi connectivity index (χ0n) is 23.7. The molecule has 1 atom stereocenters. The number of hydrogen-bond acceptors (Lipinski definition) is 10. The number of hydrogen-bond donors (Lipinski definition) is 2. The summed E-state index contributed by atoms with van der Waals surface area (Å²) in [6.45, 7) is 0.501. The standard InChI is InChI=1S/C32H26ClFN6O4S/c33-25-14-23(8-9-28(25)43-18-21-5-3-6-22(34)13-21)40-31-24-15-30(37-16-27(24)38-20-39-31)32(10-4-12-44-32)19-35-17-29(45(41)42)26-7-1-2-11-36-26/h1-9,11-16,20,35H,10,17-19H2,(H,38,39,40). The lowest BCUT2D eigenvalue weighted by Gasteiger charge is -2.29. The molecule has 0 aliphatic carbocycles. The van der Waals surface area contributed by atoms with Gasteiger partial charge in [-0.2, -0.15) is 8.42 Å². The molecule has 6 rings (SSSR count). The molecule has 0 radical (unpaired) electrons. The molecule has 5 aromatic rings. The normalized spacial score (nSPS) is 15.5. The first-order chi connectivity index (χ1) is 21.9. The second-order valence-electron chi connectivity index (χ2n) is 10.2. The van der Waals surface area contributed by atoms with Crippen molar-refractivity contribution in [1.29, 1.82) is 0 Å². The van der Waals surface area contributed by atoms with E-state index in [2.05, 4.69) is 30.6 Å². The van der Waals surface area contributed by atoms with E-state index < -0.39 is 15.9 Å². The molecule has 0 saturated carbocycles. The van der Waals surface area contributed by atoms with Gasteiger partial charge in [0.25, 0.3) is 0 Å². The quantitative estimate of drug-likeness (QED) is 0.143. The Morgan fingerprint density at radius 1 is 1.04 bits per heavy atom. The minimum absolute atomic E-state index is 0.0600. The summed E-state index contributed by atoms with van der Waals surface area (Å²) in [6.07, 6.45) is 8.65. The molecule has 3 aromatic heterocycles. The van der Waals surface area contributed by atoms with Crippen LogP contribution in [0.4, 0.5) is 15.9 Å². The fourth-order valence-electron chi connectivity index (χ4n) is 4.90. The predicted molar refractivity (Wildman–Crippen MR) is 169 cm³/mol. The monoisotopic (exact) mass is 644 g/mol. The van der Waals surface area contributed by atoms with E-state index in [4.69, 9.17) is 21.1 Å². The van der Waals surface area contributed by atoms with E-state index in [0.717, 1.165) is 0 Å². The molecule has 0 bridgehead atoms. The van der Waals surface area contributed by atoms with Crippen LogP contribution in [0.15, 0.2) is 97.8 Å². The Balaban J connectivity index is 1.21. The molecule has 1 aliphatic heterocycles. The van der Waals surface area contributed by atoms with Gasteiger partial charge in [0.05, 0.1) is 34.4 Å². The minimum Gasteiger partial charge on any atom is -0.487 e. The smallest absolute Gasteiger partial charge is 0.220 e. The van der Waals surface area contributed by atoms with Crippen molar-refractivity contribution in [2.75, 3.05) is 18.4 Å². The largest absolute Gasteiger partial charge is 0.487 e. The molecule has 10 nitrogen and oxygen atoms in total. The van der Waals surface area contributed by atoms with Gasteiger partial charge in [-0.05, 0) is 60.2 Å². The van der Waals surface area contributed by atoms with E-state index in [1.807, 2.05) is 12.1 Å². The van der Waals surface area contributed by atoms with Crippen molar-refractivity contribution in [3.8, 4) is 5.75 Å². The Kier molecular flexibility index (Phi) is 8.96. The van der Waals surface area contributed by atoms with Crippen LogP contribution >= 0.6 is 11.6 Å². The molecular weight excluding hydrogens is 619 g/mol. The van der Waals surface area contributed by atoms with Gasteiger partial charge in [-0.15, -0.1) is 0 Å². The van der Waals surface area contributed by atoms with Gasteiger partial charge in [0.2, 0.25) is 10.3 Å². The predicted octanol–water partition coefficient (Wildman–Crippen LogP) is 5.35. The molecule has 2 aromatic carbocycles. The average molecular weight is 645 g/mol. The highest BCUT2D eigenvalue weighted by Gasteiger charge is 2.37. The number of anilines is 2. The number of halogens is 2. The van der Waals surface area contributed by atoms with Crippen molar-refractivity contribution in [2.24, 2.45) is 0 Å². The first-order valence-corrected chi connectivity index (χ1v) is 15.3. The Morgan fingerprint density at radius 3 is 2.71 bits per heavy atom. The highest BCUT2D eigenvalue weighted by molar-refractivity contribution is 7.73. The van der Waals surface area contributed by atoms with E-state index >= 15 is 0 Å². The molecule has 228 valence electrons. The van der Waals surface area contributed by atoms with E-state index in [1.165, 1.54) is 18.5 Å². The first-order valence-electron chi connectivity index (χ1n) is 13.9. The van der Waals surface area contributed by atoms with Crippen molar-refractivity contribution in [2.45, 2.75) is 18.6 Å². The second kappa shape index (κ2) is 13.4. The van der Waals surface area contributed by atoms with Crippen LogP contribution in [-0.2, 0) is 27.2 Å². The van der Waals surface area contributed by atoms with Gasteiger partial charge in [-0.1, -0.05) is 29.8 Å². The third-order valence-electron chi connectivity index (χ3n) is 7.15. The van der Waals surface area contributed by atoms with Crippen LogP contribution in [-0.4, -0.2) is 46.3 Å². The van der Waals surface area contributed by atoms with E-state index in [0.29, 0.717) is 56.6 Å². The number of nitrogens with one attached hydrogen (secondary N) is 2. The lowest BCUT2D eigenvalue weighted by atomic mass is 9.94. The summed E-state index contributed by atoms with van der Waals surface area (Å²) in [6, 6.07) is 18.4. The molecule has 45 heavy (non-hydrogen) atoms. The maximum absolute atomic E-state index is 13.5. The zero-order chi connectivity index (χ0) is 31.2. The van der Waals surface area contributed by atoms with Crippen LogP contribution in [0.5, 0.6) is 5.75 Å². The Hall–Kier alpha value is -4.91. The van der Waals surface area contributed by atoms with Crippen LogP contribution in [0.25, 0.3) is 10.9 Å². The van der Waals surface area contributed by atoms with Crippen molar-refractivity contribution in [1.82, 2.24) is 25.3 Å². The number of nitrogens with zero attached hydrogens (tertiary/aromatic N) is 4. The fraction of sp³-hybridized carbons (Fsp3) is 0.156. The fourth-order valence-corrected chi connectivity index (χ4v) is 5.65. The third-order valence-corrected chi connectivity index (χ3v) is 8.20. The average Bonchev–Trinajstić information content (AvgIpc) is 3.53. The van der Waals surface area contributed by atoms with Crippen molar-refractivity contribution in [3.05, 3.63) is 126 Å². The minimum atomic E-state index is -2.46. The molecule has 4 heterocycles. The second-order valence-corrected chi connectivity index (χ2v) is 11.5. The summed E-state index contributed by atoms with van der Waals surface area (Å²) in [5.74, 6) is 0.644. The first kappa shape index (κ1) is 30.1. The maximum atomic E-state index is 13.5. The topological polar surface area (TPSA) is 128 Å². The van der Waals surface area contributed by atoms with E-state index in [-0.39, 0.29) is 30.4 Å². The van der Waals surface area contributed by atoms with E-state index in [1.54, 1.807) is 67.2 Å². The number of fused-ring (bicyclic) bond motifs is 1. The highest BCUT2D eigenvalue weighted by Crippen LogP contribution is 2.36. The molecule has 0 fully saturated rings. The Morgan fingerprint density at radius 2 is 1.96 bits per heavy atom. The van der Waals surface area contributed by atoms with Crippen molar-refractivity contribution < 1.29 is 22.3 Å². The van der Waals surface area contributed by atoms with Crippen LogP contribution in [0, 0.1) is 5.82 Å². The summed E-state index contributed by atoms with van der Waals surface area (Å²) in [4.78, 5) is 17.8. The lowest BCUT2D eigenvalue weighted by molar-refractivity contribution is 0.0384. The van der Waals surface area contributed by atoms with Crippen LogP contribution < -0.4 is 15.4 Å². The lowest BCUT2D eigenvalue weighted by Crippen LogP contribution is -2.40. The number of aromatic nitrogens is 4. The Bertz CT molecular complexity index is 2010. The van der Waals surface area contributed by atoms with E-state index in [9.17, 15) is 12.8 Å². The van der Waals surface area contributed by atoms with Crippen molar-refractivity contribution >= 4 is 49.2 Å². The Labute approximate surface area is 264 Å². The molecule has 1 aliphatic rings. The van der Waals surface area contributed by atoms with Crippen LogP contribution in [0.1, 0.15) is 23.4 Å². The van der Waals surface area contributed by atoms with Crippen molar-refractivity contribution in [3.63, 3.8) is 0 Å². The molecule has 0 saturated heterocycles. The van der Waals surface area contributed by atoms with Gasteiger partial charge in [-0.25, -0.2) is 14.4 Å². The van der Waals surface area contributed by atoms with Gasteiger partial charge in [-0.3, -0.25) is 9.97 Å². The molecule has 2 N–H and O–H groups in total. The van der Waals surface area contributed by atoms with Crippen LogP contribution in [0.3, 0.4) is 0 Å². The summed E-state index contributed by atoms with van der Waals surface area (Å²) in [5, 5.41) is 7.58. The van der Waals surface area contributed by atoms with Gasteiger partial charge < -0.3 is 20.1 Å². The molecule has 1 unspecified atom stereocenters.